The average Bonchev–Trinajstić information content (AvgIpc) is 3.05. The van der Waals surface area contributed by atoms with E-state index in [4.69, 9.17) is 5.73 Å². The minimum absolute atomic E-state index is 0.193. The van der Waals surface area contributed by atoms with E-state index in [9.17, 15) is 27.2 Å². The van der Waals surface area contributed by atoms with Crippen LogP contribution in [-0.4, -0.2) is 11.8 Å². The van der Waals surface area contributed by atoms with Gasteiger partial charge in [-0.1, -0.05) is 0 Å². The zero-order valence-corrected chi connectivity index (χ0v) is 13.5. The molecule has 0 bridgehead atoms. The van der Waals surface area contributed by atoms with Crippen LogP contribution in [0.3, 0.4) is 0 Å². The van der Waals surface area contributed by atoms with Crippen LogP contribution < -0.4 is 11.1 Å². The summed E-state index contributed by atoms with van der Waals surface area (Å²) in [5.41, 5.74) is 4.60. The molecular formula is C16H12F4N2O2S. The van der Waals surface area contributed by atoms with Gasteiger partial charge in [-0.25, -0.2) is 4.39 Å². The van der Waals surface area contributed by atoms with Gasteiger partial charge in [0.05, 0.1) is 16.7 Å². The predicted octanol–water partition coefficient (Wildman–Crippen LogP) is 3.75. The van der Waals surface area contributed by atoms with Gasteiger partial charge in [-0.15, -0.1) is 11.3 Å². The van der Waals surface area contributed by atoms with Crippen molar-refractivity contribution in [1.29, 1.82) is 0 Å². The Morgan fingerprint density at radius 2 is 1.92 bits per heavy atom. The summed E-state index contributed by atoms with van der Waals surface area (Å²) in [6, 6.07) is 1.65. The Morgan fingerprint density at radius 1 is 1.20 bits per heavy atom. The molecule has 1 aromatic carbocycles. The number of thiophene rings is 1. The summed E-state index contributed by atoms with van der Waals surface area (Å²) in [6.07, 6.45) is -2.41. The fourth-order valence-electron chi connectivity index (χ4n) is 2.80. The first-order valence-corrected chi connectivity index (χ1v) is 8.12. The SMILES string of the molecule is NC(=O)c1c(NC(=O)c2ccc(C(F)(F)F)cc2F)sc2c1CCC2. The zero-order chi connectivity index (χ0) is 18.4. The number of carbonyl (C=O) groups is 2. The summed E-state index contributed by atoms with van der Waals surface area (Å²) >= 11 is 1.18. The molecule has 1 aliphatic carbocycles. The zero-order valence-electron chi connectivity index (χ0n) is 12.7. The highest BCUT2D eigenvalue weighted by Gasteiger charge is 2.32. The molecule has 0 unspecified atom stereocenters. The van der Waals surface area contributed by atoms with Gasteiger partial charge < -0.3 is 11.1 Å². The Hall–Kier alpha value is -2.42. The van der Waals surface area contributed by atoms with Crippen molar-refractivity contribution in [2.24, 2.45) is 5.73 Å². The van der Waals surface area contributed by atoms with Crippen LogP contribution in [0.2, 0.25) is 0 Å². The molecule has 1 heterocycles. The number of hydrogen-bond acceptors (Lipinski definition) is 3. The molecule has 0 spiro atoms. The number of carbonyl (C=O) groups excluding carboxylic acids is 2. The van der Waals surface area contributed by atoms with Crippen molar-refractivity contribution in [3.05, 3.63) is 51.1 Å². The first-order valence-electron chi connectivity index (χ1n) is 7.31. The molecule has 3 N–H and O–H groups in total. The molecule has 0 fully saturated rings. The van der Waals surface area contributed by atoms with E-state index in [1.807, 2.05) is 0 Å². The third kappa shape index (κ3) is 3.23. The lowest BCUT2D eigenvalue weighted by Gasteiger charge is -2.10. The molecule has 132 valence electrons. The topological polar surface area (TPSA) is 72.2 Å². The molecule has 0 saturated carbocycles. The first-order chi connectivity index (χ1) is 11.7. The van der Waals surface area contributed by atoms with Crippen molar-refractivity contribution in [3.8, 4) is 0 Å². The van der Waals surface area contributed by atoms with E-state index in [1.165, 1.54) is 11.3 Å². The summed E-state index contributed by atoms with van der Waals surface area (Å²) < 4.78 is 51.6. The highest BCUT2D eigenvalue weighted by molar-refractivity contribution is 7.17. The molecule has 1 aromatic heterocycles. The van der Waals surface area contributed by atoms with Gasteiger partial charge in [-0.3, -0.25) is 9.59 Å². The number of primary amides is 1. The minimum atomic E-state index is -4.70. The molecule has 25 heavy (non-hydrogen) atoms. The maximum Gasteiger partial charge on any atom is 0.416 e. The minimum Gasteiger partial charge on any atom is -0.365 e. The molecule has 0 saturated heterocycles. The van der Waals surface area contributed by atoms with E-state index < -0.39 is 34.9 Å². The number of aryl methyl sites for hydroxylation is 1. The molecular weight excluding hydrogens is 360 g/mol. The molecule has 1 aliphatic rings. The summed E-state index contributed by atoms with van der Waals surface area (Å²) in [4.78, 5) is 24.8. The van der Waals surface area contributed by atoms with E-state index in [-0.39, 0.29) is 16.6 Å². The van der Waals surface area contributed by atoms with Crippen molar-refractivity contribution >= 4 is 28.2 Å². The van der Waals surface area contributed by atoms with Crippen LogP contribution >= 0.6 is 11.3 Å². The second kappa shape index (κ2) is 6.14. The largest absolute Gasteiger partial charge is 0.416 e. The second-order valence-corrected chi connectivity index (χ2v) is 6.68. The Kier molecular flexibility index (Phi) is 4.28. The number of anilines is 1. The van der Waals surface area contributed by atoms with Crippen LogP contribution in [0.25, 0.3) is 0 Å². The summed E-state index contributed by atoms with van der Waals surface area (Å²) in [6.45, 7) is 0. The van der Waals surface area contributed by atoms with Gasteiger partial charge in [0.15, 0.2) is 0 Å². The van der Waals surface area contributed by atoms with Crippen LogP contribution in [0, 0.1) is 5.82 Å². The van der Waals surface area contributed by atoms with Crippen LogP contribution in [0.1, 0.15) is 43.1 Å². The Labute approximate surface area is 143 Å². The van der Waals surface area contributed by atoms with E-state index in [2.05, 4.69) is 5.32 Å². The summed E-state index contributed by atoms with van der Waals surface area (Å²) in [7, 11) is 0. The predicted molar refractivity (Wildman–Crippen MR) is 84.2 cm³/mol. The number of amides is 2. The van der Waals surface area contributed by atoms with Gasteiger partial charge in [0.25, 0.3) is 11.8 Å². The highest BCUT2D eigenvalue weighted by Crippen LogP contribution is 2.39. The van der Waals surface area contributed by atoms with E-state index in [0.717, 1.165) is 29.3 Å². The summed E-state index contributed by atoms with van der Waals surface area (Å²) in [5, 5.41) is 2.59. The number of halogens is 4. The quantitative estimate of drug-likeness (QED) is 0.806. The van der Waals surface area contributed by atoms with Gasteiger partial charge in [0.1, 0.15) is 10.8 Å². The lowest BCUT2D eigenvalue weighted by molar-refractivity contribution is -0.137. The number of alkyl halides is 3. The molecule has 9 heteroatoms. The van der Waals surface area contributed by atoms with Crippen molar-refractivity contribution in [2.75, 3.05) is 5.32 Å². The highest BCUT2D eigenvalue weighted by atomic mass is 32.1. The number of nitrogens with one attached hydrogen (secondary N) is 1. The van der Waals surface area contributed by atoms with Crippen LogP contribution in [0.4, 0.5) is 22.6 Å². The molecule has 2 amide bonds. The second-order valence-electron chi connectivity index (χ2n) is 5.57. The molecule has 0 radical (unpaired) electrons. The standard InChI is InChI=1S/C16H12F4N2O2S/c17-10-6-7(16(18,19)20)4-5-8(10)14(24)22-15-12(13(21)23)9-2-1-3-11(9)25-15/h4-6H,1-3H2,(H2,21,23)(H,22,24). The molecule has 0 aliphatic heterocycles. The van der Waals surface area contributed by atoms with Gasteiger partial charge in [0, 0.05) is 4.88 Å². The number of nitrogens with two attached hydrogens (primary N) is 1. The maximum absolute atomic E-state index is 13.9. The smallest absolute Gasteiger partial charge is 0.365 e. The van der Waals surface area contributed by atoms with Crippen molar-refractivity contribution in [1.82, 2.24) is 0 Å². The van der Waals surface area contributed by atoms with E-state index in [1.54, 1.807) is 0 Å². The van der Waals surface area contributed by atoms with Crippen LogP contribution in [0.15, 0.2) is 18.2 Å². The molecule has 0 atom stereocenters. The monoisotopic (exact) mass is 372 g/mol. The lowest BCUT2D eigenvalue weighted by Crippen LogP contribution is -2.19. The normalized spacial score (nSPS) is 13.6. The third-order valence-corrected chi connectivity index (χ3v) is 5.14. The summed E-state index contributed by atoms with van der Waals surface area (Å²) in [5.74, 6) is -2.94. The van der Waals surface area contributed by atoms with Crippen LogP contribution in [-0.2, 0) is 19.0 Å². The average molecular weight is 372 g/mol. The van der Waals surface area contributed by atoms with E-state index in [0.29, 0.717) is 12.5 Å². The lowest BCUT2D eigenvalue weighted by atomic mass is 10.1. The molecule has 4 nitrogen and oxygen atoms in total. The Balaban J connectivity index is 1.90. The van der Waals surface area contributed by atoms with Gasteiger partial charge in [0.2, 0.25) is 0 Å². The number of fused-ring (bicyclic) bond motifs is 1. The molecule has 3 rings (SSSR count). The van der Waals surface area contributed by atoms with Crippen molar-refractivity contribution in [3.63, 3.8) is 0 Å². The third-order valence-electron chi connectivity index (χ3n) is 3.94. The number of hydrogen-bond donors (Lipinski definition) is 2. The first kappa shape index (κ1) is 17.4. The van der Waals surface area contributed by atoms with Gasteiger partial charge >= 0.3 is 6.18 Å². The number of rotatable bonds is 3. The molecule has 2 aromatic rings. The van der Waals surface area contributed by atoms with Gasteiger partial charge in [-0.05, 0) is 43.0 Å². The van der Waals surface area contributed by atoms with Gasteiger partial charge in [-0.2, -0.15) is 13.2 Å². The van der Waals surface area contributed by atoms with Crippen LogP contribution in [0.5, 0.6) is 0 Å². The number of benzene rings is 1. The maximum atomic E-state index is 13.9. The van der Waals surface area contributed by atoms with Crippen molar-refractivity contribution in [2.45, 2.75) is 25.4 Å². The Morgan fingerprint density at radius 3 is 2.52 bits per heavy atom. The fraction of sp³-hybridized carbons (Fsp3) is 0.250. The van der Waals surface area contributed by atoms with E-state index >= 15 is 0 Å². The van der Waals surface area contributed by atoms with Crippen molar-refractivity contribution < 1.29 is 27.2 Å². The fourth-order valence-corrected chi connectivity index (χ4v) is 4.09. The Bertz CT molecular complexity index is 874.